The van der Waals surface area contributed by atoms with Crippen LogP contribution in [0.25, 0.3) is 0 Å². The summed E-state index contributed by atoms with van der Waals surface area (Å²) in [5.74, 6) is 1.29. The third-order valence-corrected chi connectivity index (χ3v) is 9.85. The Balaban J connectivity index is 1.32. The Hall–Kier alpha value is -2.53. The second-order valence-electron chi connectivity index (χ2n) is 10.7. The summed E-state index contributed by atoms with van der Waals surface area (Å²) in [5, 5.41) is 2.45. The molecular weight excluding hydrogens is 490 g/mol. The van der Waals surface area contributed by atoms with E-state index in [2.05, 4.69) is 44.3 Å². The van der Waals surface area contributed by atoms with E-state index in [0.29, 0.717) is 24.3 Å². The minimum Gasteiger partial charge on any atom is -0.491 e. The van der Waals surface area contributed by atoms with Crippen LogP contribution < -0.4 is 9.75 Å². The number of benzene rings is 1. The van der Waals surface area contributed by atoms with Crippen molar-refractivity contribution in [3.05, 3.63) is 48.6 Å². The van der Waals surface area contributed by atoms with Crippen LogP contribution in [0.4, 0.5) is 5.69 Å². The molecule has 1 aromatic carbocycles. The summed E-state index contributed by atoms with van der Waals surface area (Å²) in [6.45, 7) is 3.32. The van der Waals surface area contributed by atoms with Gasteiger partial charge < -0.3 is 9.47 Å². The van der Waals surface area contributed by atoms with E-state index in [9.17, 15) is 8.42 Å². The van der Waals surface area contributed by atoms with Gasteiger partial charge in [-0.3, -0.25) is 9.89 Å². The van der Waals surface area contributed by atoms with Crippen molar-refractivity contribution in [3.63, 3.8) is 0 Å². The van der Waals surface area contributed by atoms with Crippen molar-refractivity contribution in [2.45, 2.75) is 50.2 Å². The molecule has 0 bridgehead atoms. The summed E-state index contributed by atoms with van der Waals surface area (Å²) in [4.78, 5) is 11.3. The van der Waals surface area contributed by atoms with Crippen LogP contribution in [0.1, 0.15) is 38.5 Å². The molecule has 2 saturated heterocycles. The maximum Gasteiger partial charge on any atom is 0.225 e. The minimum absolute atomic E-state index is 0.144. The van der Waals surface area contributed by atoms with Gasteiger partial charge in [-0.05, 0) is 50.7 Å². The highest BCUT2D eigenvalue weighted by Gasteiger charge is 2.56. The lowest BCUT2D eigenvalue weighted by molar-refractivity contribution is -0.751. The predicted molar refractivity (Wildman–Crippen MR) is 144 cm³/mol. The van der Waals surface area contributed by atoms with Gasteiger partial charge in [-0.25, -0.2) is 18.4 Å². The molecule has 9 nitrogen and oxygen atoms in total. The quantitative estimate of drug-likeness (QED) is 0.484. The minimum atomic E-state index is -2.93. The van der Waals surface area contributed by atoms with Gasteiger partial charge in [0.1, 0.15) is 17.9 Å². The molecule has 0 spiro atoms. The van der Waals surface area contributed by atoms with Gasteiger partial charge in [-0.15, -0.1) is 4.59 Å². The number of fused-ring (bicyclic) bond motifs is 1. The Morgan fingerprint density at radius 1 is 1.16 bits per heavy atom. The molecule has 4 aliphatic heterocycles. The Kier molecular flexibility index (Phi) is 6.68. The Bertz CT molecular complexity index is 1220. The second kappa shape index (κ2) is 9.98. The highest BCUT2D eigenvalue weighted by atomic mass is 32.2. The normalized spacial score (nSPS) is 29.8. The highest BCUT2D eigenvalue weighted by molar-refractivity contribution is 7.91. The molecule has 0 radical (unpaired) electrons. The monoisotopic (exact) mass is 526 g/mol. The lowest BCUT2D eigenvalue weighted by Crippen LogP contribution is -2.71. The number of hydrogen-bond acceptors (Lipinski definition) is 8. The lowest BCUT2D eigenvalue weighted by Gasteiger charge is -2.56. The molecule has 2 atom stereocenters. The number of allylic oxidation sites excluding steroid dienone is 1. The fourth-order valence-corrected chi connectivity index (χ4v) is 7.39. The lowest BCUT2D eigenvalue weighted by atomic mass is 9.75. The topological polar surface area (TPSA) is 83.8 Å². The second-order valence-corrected chi connectivity index (χ2v) is 13.1. The van der Waals surface area contributed by atoms with E-state index in [4.69, 9.17) is 9.47 Å². The first-order chi connectivity index (χ1) is 18.0. The van der Waals surface area contributed by atoms with Crippen molar-refractivity contribution >= 4 is 28.1 Å². The first-order valence-electron chi connectivity index (χ1n) is 13.4. The van der Waals surface area contributed by atoms with Crippen LogP contribution in [0.3, 0.4) is 0 Å². The van der Waals surface area contributed by atoms with Crippen LogP contribution in [-0.4, -0.2) is 86.5 Å². The zero-order valence-corrected chi connectivity index (χ0v) is 22.1. The van der Waals surface area contributed by atoms with Gasteiger partial charge in [0.25, 0.3) is 0 Å². The number of aliphatic imine (C=N–C) groups is 2. The Labute approximate surface area is 219 Å². The van der Waals surface area contributed by atoms with E-state index in [1.54, 1.807) is 0 Å². The van der Waals surface area contributed by atoms with Crippen molar-refractivity contribution in [1.82, 2.24) is 4.90 Å². The molecule has 3 fully saturated rings. The molecular formula is C27H36N5O4S+. The predicted octanol–water partition coefficient (Wildman–Crippen LogP) is 3.26. The molecule has 5 aliphatic rings. The van der Waals surface area contributed by atoms with Gasteiger partial charge in [0.05, 0.1) is 41.9 Å². The summed E-state index contributed by atoms with van der Waals surface area (Å²) in [5.41, 5.74) is 1.85. The van der Waals surface area contributed by atoms with Crippen LogP contribution in [0.2, 0.25) is 0 Å². The molecule has 1 saturated carbocycles. The largest absolute Gasteiger partial charge is 0.491 e. The molecule has 2 unspecified atom stereocenters. The third kappa shape index (κ3) is 4.87. The van der Waals surface area contributed by atoms with Crippen LogP contribution >= 0.6 is 0 Å². The van der Waals surface area contributed by atoms with E-state index in [0.717, 1.165) is 62.4 Å². The van der Waals surface area contributed by atoms with Crippen molar-refractivity contribution in [1.29, 1.82) is 0 Å². The van der Waals surface area contributed by atoms with Gasteiger partial charge >= 0.3 is 0 Å². The molecule has 0 aromatic heterocycles. The molecule has 37 heavy (non-hydrogen) atoms. The summed E-state index contributed by atoms with van der Waals surface area (Å²) >= 11 is 0. The van der Waals surface area contributed by atoms with E-state index in [1.165, 1.54) is 6.42 Å². The van der Waals surface area contributed by atoms with E-state index >= 15 is 0 Å². The number of anilines is 1. The zero-order valence-electron chi connectivity index (χ0n) is 21.2. The third-order valence-electron chi connectivity index (χ3n) is 8.24. The summed E-state index contributed by atoms with van der Waals surface area (Å²) in [7, 11) is -2.93. The maximum absolute atomic E-state index is 12.1. The van der Waals surface area contributed by atoms with Crippen LogP contribution in [0, 0.1) is 0 Å². The van der Waals surface area contributed by atoms with Gasteiger partial charge in [0.2, 0.25) is 12.0 Å². The number of nitrogens with zero attached hydrogens (tertiary/aromatic N) is 5. The summed E-state index contributed by atoms with van der Waals surface area (Å²) < 4.78 is 36.6. The van der Waals surface area contributed by atoms with Crippen LogP contribution in [0.5, 0.6) is 5.75 Å². The number of rotatable bonds is 8. The van der Waals surface area contributed by atoms with Gasteiger partial charge in [0, 0.05) is 32.3 Å². The molecule has 4 heterocycles. The molecule has 0 N–H and O–H groups in total. The summed E-state index contributed by atoms with van der Waals surface area (Å²) in [6.07, 6.45) is 16.3. The number of sulfone groups is 1. The highest BCUT2D eigenvalue weighted by Crippen LogP contribution is 2.47. The van der Waals surface area contributed by atoms with Crippen molar-refractivity contribution in [3.8, 4) is 5.75 Å². The van der Waals surface area contributed by atoms with Crippen molar-refractivity contribution in [2.75, 3.05) is 49.4 Å². The standard InChI is InChI=1S/C27H36N5O4S/c33-37(34)15-11-30(12-16-37)21-27(8-4-9-27)31(32-13-10-28-18-24(32)19-29-22-32)23-5-3-7-25(17-23)36-20-26-6-1-2-14-35-26/h3,5,7,10,13,17-19,22,26H,1-2,4,6,8-9,11-12,14-16,20-21H2/q+1. The molecule has 0 amide bonds. The van der Waals surface area contributed by atoms with Gasteiger partial charge in [-0.1, -0.05) is 6.07 Å². The molecule has 1 aromatic rings. The fourth-order valence-electron chi connectivity index (χ4n) is 6.11. The van der Waals surface area contributed by atoms with Crippen molar-refractivity contribution in [2.24, 2.45) is 9.98 Å². The first-order valence-corrected chi connectivity index (χ1v) is 15.2. The van der Waals surface area contributed by atoms with Gasteiger partial charge in [-0.2, -0.15) is 0 Å². The van der Waals surface area contributed by atoms with E-state index in [-0.39, 0.29) is 23.1 Å². The SMILES string of the molecule is O=S1(=O)CCN(CC2(N(c3cccc(OCC4CCCCO4)c3)[N+]34C=CN=CC3=CN=C4)CCC2)CC1. The molecule has 10 heteroatoms. The van der Waals surface area contributed by atoms with Crippen LogP contribution in [-0.2, 0) is 14.6 Å². The van der Waals surface area contributed by atoms with E-state index in [1.807, 2.05) is 31.0 Å². The van der Waals surface area contributed by atoms with Crippen molar-refractivity contribution < 1.29 is 22.5 Å². The summed E-state index contributed by atoms with van der Waals surface area (Å²) in [6, 6.07) is 8.33. The first kappa shape index (κ1) is 24.8. The number of ether oxygens (including phenoxy) is 2. The number of hydrogen-bond donors (Lipinski definition) is 0. The fraction of sp³-hybridized carbons (Fsp3) is 0.556. The number of quaternary nitrogens is 1. The maximum atomic E-state index is 12.1. The smallest absolute Gasteiger partial charge is 0.225 e. The zero-order chi connectivity index (χ0) is 25.3. The average Bonchev–Trinajstić information content (AvgIpc) is 3.33. The van der Waals surface area contributed by atoms with Gasteiger partial charge in [0.15, 0.2) is 16.0 Å². The average molecular weight is 527 g/mol. The Morgan fingerprint density at radius 2 is 2.03 bits per heavy atom. The Morgan fingerprint density at radius 3 is 2.78 bits per heavy atom. The van der Waals surface area contributed by atoms with Crippen LogP contribution in [0.15, 0.2) is 58.5 Å². The molecule has 6 rings (SSSR count). The molecule has 198 valence electrons. The van der Waals surface area contributed by atoms with E-state index < -0.39 is 9.84 Å². The molecule has 1 aliphatic carbocycles.